The van der Waals surface area contributed by atoms with Crippen molar-refractivity contribution in [2.75, 3.05) is 4.31 Å². The second-order valence-corrected chi connectivity index (χ2v) is 9.88. The highest BCUT2D eigenvalue weighted by molar-refractivity contribution is 9.10. The number of fused-ring (bicyclic) bond motifs is 1. The Morgan fingerprint density at radius 1 is 1.24 bits per heavy atom. The summed E-state index contributed by atoms with van der Waals surface area (Å²) in [5, 5.41) is 8.89. The predicted octanol–water partition coefficient (Wildman–Crippen LogP) is 4.32. The first kappa shape index (κ1) is 23.2. The first-order valence-corrected chi connectivity index (χ1v) is 11.4. The molecule has 3 aromatic rings. The Kier molecular flexibility index (Phi) is 5.47. The fourth-order valence-electron chi connectivity index (χ4n) is 3.29. The van der Waals surface area contributed by atoms with Crippen LogP contribution < -0.4 is 9.73 Å². The van der Waals surface area contributed by atoms with Crippen LogP contribution in [0.1, 0.15) is 29.2 Å². The number of anilines is 2. The average molecular weight is 550 g/mol. The maximum absolute atomic E-state index is 15.1. The van der Waals surface area contributed by atoms with Crippen LogP contribution in [-0.4, -0.2) is 34.6 Å². The zero-order valence-electron chi connectivity index (χ0n) is 16.2. The molecule has 0 unspecified atom stereocenters. The highest BCUT2D eigenvalue weighted by Gasteiger charge is 2.52. The van der Waals surface area contributed by atoms with Crippen LogP contribution in [0.15, 0.2) is 45.9 Å². The summed E-state index contributed by atoms with van der Waals surface area (Å²) < 4.78 is 81.8. The topological polar surface area (TPSA) is 110 Å². The summed E-state index contributed by atoms with van der Waals surface area (Å²) in [7, 11) is -6.16. The number of benzene rings is 1. The molecule has 0 saturated heterocycles. The second kappa shape index (κ2) is 7.80. The van der Waals surface area contributed by atoms with Gasteiger partial charge in [0, 0.05) is 28.3 Å². The quantitative estimate of drug-likeness (QED) is 0.474. The van der Waals surface area contributed by atoms with Gasteiger partial charge in [-0.15, -0.1) is 0 Å². The molecular weight excluding hydrogens is 538 g/mol. The van der Waals surface area contributed by atoms with E-state index in [1.54, 1.807) is 0 Å². The summed E-state index contributed by atoms with van der Waals surface area (Å²) in [6.45, 7) is 0. The highest BCUT2D eigenvalue weighted by atomic mass is 79.9. The van der Waals surface area contributed by atoms with Crippen molar-refractivity contribution >= 4 is 54.3 Å². The lowest BCUT2D eigenvalue weighted by Crippen LogP contribution is -2.38. The van der Waals surface area contributed by atoms with E-state index < -0.39 is 55.2 Å². The smallest absolute Gasteiger partial charge is 0.477 e. The van der Waals surface area contributed by atoms with Gasteiger partial charge in [0.1, 0.15) is 17.2 Å². The minimum Gasteiger partial charge on any atom is -0.477 e. The Hall–Kier alpha value is -3.00. The van der Waals surface area contributed by atoms with E-state index in [1.807, 2.05) is 0 Å². The standard InChI is InChI=1S/C19H12BrF4N3O5S/c20-9-1-4-16(25-7-9)27(33(31,32)19(22,23)24)15-6-14-11(5-13(15)21)17(28)12(18(29)30)8-26(14)10-2-3-10/h1,4-8,10H,2-3H2,(H,29,30). The molecular formula is C19H12BrF4N3O5S. The molecule has 0 radical (unpaired) electrons. The number of pyridine rings is 2. The third kappa shape index (κ3) is 3.97. The van der Waals surface area contributed by atoms with E-state index in [0.717, 1.165) is 24.5 Å². The van der Waals surface area contributed by atoms with Crippen LogP contribution >= 0.6 is 15.9 Å². The molecule has 0 aliphatic heterocycles. The fourth-order valence-corrected chi connectivity index (χ4v) is 4.48. The second-order valence-electron chi connectivity index (χ2n) is 7.19. The minimum atomic E-state index is -6.16. The number of rotatable bonds is 5. The number of halogens is 5. The van der Waals surface area contributed by atoms with Gasteiger partial charge in [0.15, 0.2) is 0 Å². The van der Waals surface area contributed by atoms with Crippen LogP contribution in [0, 0.1) is 5.82 Å². The van der Waals surface area contributed by atoms with Gasteiger partial charge in [-0.25, -0.2) is 18.5 Å². The molecule has 0 bridgehead atoms. The van der Waals surface area contributed by atoms with Gasteiger partial charge < -0.3 is 9.67 Å². The number of alkyl halides is 3. The van der Waals surface area contributed by atoms with Crippen molar-refractivity contribution in [3.8, 4) is 0 Å². The van der Waals surface area contributed by atoms with E-state index in [1.165, 1.54) is 10.6 Å². The number of carboxylic acids is 1. The van der Waals surface area contributed by atoms with Crippen LogP contribution in [0.25, 0.3) is 10.9 Å². The summed E-state index contributed by atoms with van der Waals surface area (Å²) >= 11 is 3.03. The number of carbonyl (C=O) groups is 1. The van der Waals surface area contributed by atoms with Gasteiger partial charge in [-0.05, 0) is 53.0 Å². The number of nitrogens with zero attached hydrogens (tertiary/aromatic N) is 3. The van der Waals surface area contributed by atoms with E-state index in [0.29, 0.717) is 23.4 Å². The third-order valence-electron chi connectivity index (χ3n) is 4.94. The molecule has 0 amide bonds. The largest absolute Gasteiger partial charge is 0.517 e. The molecule has 0 spiro atoms. The molecule has 33 heavy (non-hydrogen) atoms. The Bertz CT molecular complexity index is 1450. The van der Waals surface area contributed by atoms with Gasteiger partial charge in [0.25, 0.3) is 0 Å². The van der Waals surface area contributed by atoms with Crippen LogP contribution in [0.5, 0.6) is 0 Å². The number of hydrogen-bond acceptors (Lipinski definition) is 5. The first-order valence-electron chi connectivity index (χ1n) is 9.18. The Labute approximate surface area is 191 Å². The molecule has 1 aromatic carbocycles. The molecule has 1 fully saturated rings. The molecule has 174 valence electrons. The van der Waals surface area contributed by atoms with Crippen LogP contribution in [-0.2, 0) is 10.0 Å². The van der Waals surface area contributed by atoms with Crippen LogP contribution in [0.4, 0.5) is 29.1 Å². The summed E-state index contributed by atoms with van der Waals surface area (Å²) in [4.78, 5) is 27.7. The molecule has 0 atom stereocenters. The van der Waals surface area contributed by atoms with Crippen molar-refractivity contribution in [2.45, 2.75) is 24.4 Å². The normalized spacial score (nSPS) is 14.5. The SMILES string of the molecule is O=C(O)c1cn(C2CC2)c2cc(N(c3ccc(Br)cn3)S(=O)(=O)C(F)(F)F)c(F)cc2c1=O. The molecule has 1 aliphatic rings. The summed E-state index contributed by atoms with van der Waals surface area (Å²) in [5.41, 5.74) is -8.62. The van der Waals surface area contributed by atoms with Gasteiger partial charge in [-0.1, -0.05) is 0 Å². The van der Waals surface area contributed by atoms with Crippen molar-refractivity contribution in [2.24, 2.45) is 0 Å². The Morgan fingerprint density at radius 2 is 1.91 bits per heavy atom. The molecule has 4 rings (SSSR count). The van der Waals surface area contributed by atoms with E-state index in [2.05, 4.69) is 20.9 Å². The lowest BCUT2D eigenvalue weighted by atomic mass is 10.1. The number of aromatic carboxylic acids is 1. The zero-order valence-corrected chi connectivity index (χ0v) is 18.6. The van der Waals surface area contributed by atoms with Crippen molar-refractivity contribution in [1.29, 1.82) is 0 Å². The van der Waals surface area contributed by atoms with Gasteiger partial charge in [-0.2, -0.15) is 21.6 Å². The molecule has 1 N–H and O–H groups in total. The number of carboxylic acid groups (broad SMARTS) is 1. The van der Waals surface area contributed by atoms with Gasteiger partial charge in [-0.3, -0.25) is 4.79 Å². The minimum absolute atomic E-state index is 0.108. The van der Waals surface area contributed by atoms with E-state index in [9.17, 15) is 36.3 Å². The van der Waals surface area contributed by atoms with Crippen molar-refractivity contribution in [1.82, 2.24) is 9.55 Å². The van der Waals surface area contributed by atoms with Gasteiger partial charge in [0.2, 0.25) is 5.43 Å². The average Bonchev–Trinajstić information content (AvgIpc) is 3.55. The molecule has 2 heterocycles. The zero-order chi connectivity index (χ0) is 24.3. The Morgan fingerprint density at radius 3 is 2.42 bits per heavy atom. The maximum atomic E-state index is 15.1. The Balaban J connectivity index is 2.07. The third-order valence-corrected chi connectivity index (χ3v) is 6.86. The summed E-state index contributed by atoms with van der Waals surface area (Å²) in [6, 6.07) is 3.21. The van der Waals surface area contributed by atoms with Crippen LogP contribution in [0.3, 0.4) is 0 Å². The summed E-state index contributed by atoms with van der Waals surface area (Å²) in [5.74, 6) is -3.78. The highest BCUT2D eigenvalue weighted by Crippen LogP contribution is 2.41. The monoisotopic (exact) mass is 549 g/mol. The lowest BCUT2D eigenvalue weighted by molar-refractivity contribution is -0.0435. The first-order chi connectivity index (χ1) is 15.3. The van der Waals surface area contributed by atoms with Gasteiger partial charge >= 0.3 is 21.5 Å². The van der Waals surface area contributed by atoms with E-state index in [-0.39, 0.29) is 15.9 Å². The van der Waals surface area contributed by atoms with Crippen molar-refractivity contribution < 1.29 is 35.9 Å². The van der Waals surface area contributed by atoms with Crippen LogP contribution in [0.2, 0.25) is 0 Å². The van der Waals surface area contributed by atoms with Crippen molar-refractivity contribution in [3.05, 3.63) is 62.7 Å². The molecule has 1 saturated carbocycles. The maximum Gasteiger partial charge on any atom is 0.517 e. The molecule has 8 nitrogen and oxygen atoms in total. The molecule has 2 aromatic heterocycles. The molecule has 1 aliphatic carbocycles. The predicted molar refractivity (Wildman–Crippen MR) is 112 cm³/mol. The number of sulfonamides is 1. The number of hydrogen-bond donors (Lipinski definition) is 1. The number of aromatic nitrogens is 2. The van der Waals surface area contributed by atoms with E-state index >= 15 is 4.39 Å². The van der Waals surface area contributed by atoms with Gasteiger partial charge in [0.05, 0.1) is 11.2 Å². The van der Waals surface area contributed by atoms with E-state index in [4.69, 9.17) is 0 Å². The van der Waals surface area contributed by atoms with Crippen molar-refractivity contribution in [3.63, 3.8) is 0 Å². The molecule has 14 heteroatoms. The fraction of sp³-hybridized carbons (Fsp3) is 0.211. The summed E-state index contributed by atoms with van der Waals surface area (Å²) in [6.07, 6.45) is 3.23. The lowest BCUT2D eigenvalue weighted by Gasteiger charge is -2.25.